The first kappa shape index (κ1) is 4.83. The van der Waals surface area contributed by atoms with Gasteiger partial charge in [0.05, 0.1) is 18.2 Å². The maximum atomic E-state index is 10.1. The van der Waals surface area contributed by atoms with Crippen LogP contribution in [0, 0.1) is 5.41 Å². The number of H-pyrrole nitrogens is 1. The van der Waals surface area contributed by atoms with Gasteiger partial charge < -0.3 is 15.5 Å². The van der Waals surface area contributed by atoms with Crippen molar-refractivity contribution in [3.63, 3.8) is 0 Å². The largest absolute Gasteiger partial charge is 0.858 e. The molecule has 1 heterocycles. The van der Waals surface area contributed by atoms with Crippen LogP contribution in [0.25, 0.3) is 0 Å². The predicted molar refractivity (Wildman–Crippen MR) is 25.4 cm³/mol. The minimum atomic E-state index is -0.734. The van der Waals surface area contributed by atoms with Gasteiger partial charge in [0.25, 0.3) is 0 Å². The van der Waals surface area contributed by atoms with Gasteiger partial charge in [-0.3, -0.25) is 0 Å². The average molecular weight is 110 g/mol. The number of hydrogen-bond donors (Lipinski definition) is 2. The van der Waals surface area contributed by atoms with Gasteiger partial charge in [0.15, 0.2) is 0 Å². The zero-order valence-corrected chi connectivity index (χ0v) is 4.01. The lowest BCUT2D eigenvalue weighted by Crippen LogP contribution is -2.16. The summed E-state index contributed by atoms with van der Waals surface area (Å²) in [5.41, 5.74) is 0.227. The minimum Gasteiger partial charge on any atom is -0.858 e. The maximum Gasteiger partial charge on any atom is 0.0924 e. The molecule has 1 rings (SSSR count). The summed E-state index contributed by atoms with van der Waals surface area (Å²) in [6.45, 7) is 0. The first-order chi connectivity index (χ1) is 3.80. The van der Waals surface area contributed by atoms with E-state index in [2.05, 4.69) is 9.97 Å². The van der Waals surface area contributed by atoms with Gasteiger partial charge in [-0.15, -0.1) is 0 Å². The molecule has 0 fully saturated rings. The van der Waals surface area contributed by atoms with Crippen LogP contribution in [0.3, 0.4) is 0 Å². The Hall–Kier alpha value is -1.32. The van der Waals surface area contributed by atoms with E-state index in [4.69, 9.17) is 5.41 Å². The highest BCUT2D eigenvalue weighted by molar-refractivity contribution is 5.85. The highest BCUT2D eigenvalue weighted by Crippen LogP contribution is 1.84. The number of aromatic nitrogens is 2. The van der Waals surface area contributed by atoms with Gasteiger partial charge in [-0.1, -0.05) is 0 Å². The van der Waals surface area contributed by atoms with Crippen molar-refractivity contribution in [2.24, 2.45) is 0 Å². The molecule has 0 saturated carbocycles. The van der Waals surface area contributed by atoms with Crippen molar-refractivity contribution < 1.29 is 5.11 Å². The van der Waals surface area contributed by atoms with Crippen molar-refractivity contribution in [1.82, 2.24) is 9.97 Å². The smallest absolute Gasteiger partial charge is 0.0924 e. The molecule has 0 aliphatic rings. The Bertz CT molecular complexity index is 179. The molecule has 42 valence electrons. The Morgan fingerprint density at radius 3 is 2.88 bits per heavy atom. The van der Waals surface area contributed by atoms with E-state index in [-0.39, 0.29) is 5.69 Å². The van der Waals surface area contributed by atoms with Gasteiger partial charge in [0.2, 0.25) is 0 Å². The average Bonchev–Trinajstić information content (AvgIpc) is 2.12. The van der Waals surface area contributed by atoms with E-state index in [0.717, 1.165) is 0 Å². The summed E-state index contributed by atoms with van der Waals surface area (Å²) in [6, 6.07) is 0. The van der Waals surface area contributed by atoms with E-state index in [1.165, 1.54) is 12.5 Å². The summed E-state index contributed by atoms with van der Waals surface area (Å²) < 4.78 is 0. The standard InChI is InChI=1S/C4H5N3O/c5-4(8)3-1-6-2-7-3/h1-2H,(H2,5,8)(H,6,7)/p-1. The van der Waals surface area contributed by atoms with Crippen molar-refractivity contribution in [3.8, 4) is 0 Å². The summed E-state index contributed by atoms with van der Waals surface area (Å²) in [5, 5.41) is 16.6. The Morgan fingerprint density at radius 1 is 1.88 bits per heavy atom. The van der Waals surface area contributed by atoms with Crippen LogP contribution in [0.15, 0.2) is 12.5 Å². The van der Waals surface area contributed by atoms with Crippen molar-refractivity contribution in [1.29, 1.82) is 5.41 Å². The molecule has 0 amide bonds. The van der Waals surface area contributed by atoms with Gasteiger partial charge in [-0.05, 0) is 0 Å². The Morgan fingerprint density at radius 2 is 2.62 bits per heavy atom. The van der Waals surface area contributed by atoms with Gasteiger partial charge in [-0.25, -0.2) is 4.98 Å². The van der Waals surface area contributed by atoms with E-state index in [1.54, 1.807) is 0 Å². The molecule has 8 heavy (non-hydrogen) atoms. The third-order valence-electron chi connectivity index (χ3n) is 0.743. The highest BCUT2D eigenvalue weighted by atomic mass is 16.3. The molecule has 0 aliphatic heterocycles. The summed E-state index contributed by atoms with van der Waals surface area (Å²) in [5.74, 6) is -0.734. The van der Waals surface area contributed by atoms with Crippen molar-refractivity contribution >= 4 is 5.90 Å². The number of rotatable bonds is 1. The van der Waals surface area contributed by atoms with Crippen LogP contribution in [-0.4, -0.2) is 15.9 Å². The van der Waals surface area contributed by atoms with E-state index in [1.807, 2.05) is 0 Å². The van der Waals surface area contributed by atoms with Crippen LogP contribution in [0.5, 0.6) is 0 Å². The van der Waals surface area contributed by atoms with Gasteiger partial charge in [0, 0.05) is 5.90 Å². The summed E-state index contributed by atoms with van der Waals surface area (Å²) >= 11 is 0. The molecule has 1 aromatic rings. The second-order valence-electron chi connectivity index (χ2n) is 1.29. The van der Waals surface area contributed by atoms with Gasteiger partial charge >= 0.3 is 0 Å². The van der Waals surface area contributed by atoms with Crippen molar-refractivity contribution in [2.75, 3.05) is 0 Å². The first-order valence-corrected chi connectivity index (χ1v) is 2.05. The third kappa shape index (κ3) is 0.676. The van der Waals surface area contributed by atoms with Crippen molar-refractivity contribution in [3.05, 3.63) is 18.2 Å². The predicted octanol–water partition coefficient (Wildman–Crippen LogP) is -0.905. The number of nitrogens with one attached hydrogen (secondary N) is 2. The summed E-state index contributed by atoms with van der Waals surface area (Å²) in [4.78, 5) is 6.04. The minimum absolute atomic E-state index is 0.227. The van der Waals surface area contributed by atoms with Crippen LogP contribution in [0.4, 0.5) is 0 Å². The second kappa shape index (κ2) is 1.65. The third-order valence-corrected chi connectivity index (χ3v) is 0.743. The fourth-order valence-electron chi connectivity index (χ4n) is 0.380. The van der Waals surface area contributed by atoms with E-state index in [0.29, 0.717) is 0 Å². The molecule has 4 heteroatoms. The molecule has 2 N–H and O–H groups in total. The lowest BCUT2D eigenvalue weighted by atomic mass is 10.5. The molecule has 1 aromatic heterocycles. The Balaban J connectivity index is 2.93. The Kier molecular flexibility index (Phi) is 0.997. The molecular formula is C4H4N3O-. The van der Waals surface area contributed by atoms with Crippen molar-refractivity contribution in [2.45, 2.75) is 0 Å². The SMILES string of the molecule is N=C([O-])c1cnc[nH]1. The fourth-order valence-corrected chi connectivity index (χ4v) is 0.380. The molecule has 0 spiro atoms. The van der Waals surface area contributed by atoms with Crippen LogP contribution < -0.4 is 5.11 Å². The van der Waals surface area contributed by atoms with E-state index < -0.39 is 5.90 Å². The van der Waals surface area contributed by atoms with Gasteiger partial charge in [-0.2, -0.15) is 0 Å². The number of aromatic amines is 1. The molecule has 4 nitrogen and oxygen atoms in total. The van der Waals surface area contributed by atoms with Crippen LogP contribution >= 0.6 is 0 Å². The number of hydrogen-bond acceptors (Lipinski definition) is 3. The molecule has 0 saturated heterocycles. The lowest BCUT2D eigenvalue weighted by Gasteiger charge is -1.99. The maximum absolute atomic E-state index is 10.1. The Labute approximate surface area is 45.7 Å². The molecule has 0 atom stereocenters. The molecule has 0 aromatic carbocycles. The topological polar surface area (TPSA) is 75.6 Å². The quantitative estimate of drug-likeness (QED) is 0.363. The zero-order chi connectivity index (χ0) is 5.98. The first-order valence-electron chi connectivity index (χ1n) is 2.05. The number of imidazole rings is 1. The normalized spacial score (nSPS) is 9.00. The van der Waals surface area contributed by atoms with E-state index in [9.17, 15) is 5.11 Å². The second-order valence-corrected chi connectivity index (χ2v) is 1.29. The molecule has 0 radical (unpaired) electrons. The molecule has 0 bridgehead atoms. The van der Waals surface area contributed by atoms with E-state index >= 15 is 0 Å². The molecule has 0 aliphatic carbocycles. The highest BCUT2D eigenvalue weighted by Gasteiger charge is 1.85. The van der Waals surface area contributed by atoms with Gasteiger partial charge in [0.1, 0.15) is 0 Å². The molecular weight excluding hydrogens is 106 g/mol. The molecule has 0 unspecified atom stereocenters. The zero-order valence-electron chi connectivity index (χ0n) is 4.01. The van der Waals surface area contributed by atoms with Crippen LogP contribution in [0.2, 0.25) is 0 Å². The monoisotopic (exact) mass is 110 g/mol. The lowest BCUT2D eigenvalue weighted by molar-refractivity contribution is -0.214. The fraction of sp³-hybridized carbons (Fsp3) is 0. The van der Waals surface area contributed by atoms with Crippen LogP contribution in [0.1, 0.15) is 5.69 Å². The summed E-state index contributed by atoms with van der Waals surface area (Å²) in [6.07, 6.45) is 2.68. The van der Waals surface area contributed by atoms with Crippen LogP contribution in [-0.2, 0) is 0 Å². The number of nitrogens with zero attached hydrogens (tertiary/aromatic N) is 1. The summed E-state index contributed by atoms with van der Waals surface area (Å²) in [7, 11) is 0.